The van der Waals surface area contributed by atoms with Gasteiger partial charge in [0.05, 0.1) is 13.2 Å². The van der Waals surface area contributed by atoms with Gasteiger partial charge in [-0.05, 0) is 13.8 Å². The van der Waals surface area contributed by atoms with Crippen LogP contribution in [0.2, 0.25) is 0 Å². The summed E-state index contributed by atoms with van der Waals surface area (Å²) < 4.78 is 104. The molecule has 0 aliphatic carbocycles. The van der Waals surface area contributed by atoms with Crippen molar-refractivity contribution in [3.05, 3.63) is 0 Å². The molecule has 17 heteroatoms. The molecule has 0 aromatic rings. The SMILES string of the molecule is CCOP(=O)([O-])OCC(F)(F)F.CCOP(=O)([O-])OCC(F)(F)F.[Mg+2]. The van der Waals surface area contributed by atoms with E-state index in [2.05, 4.69) is 18.1 Å². The van der Waals surface area contributed by atoms with E-state index in [9.17, 15) is 45.3 Å². The first kappa shape index (κ1) is 30.3. The maximum Gasteiger partial charge on any atom is 2.00 e. The van der Waals surface area contributed by atoms with E-state index in [1.807, 2.05) is 0 Å². The summed E-state index contributed by atoms with van der Waals surface area (Å²) in [6.07, 6.45) is -9.34. The number of alkyl halides is 6. The molecule has 0 saturated carbocycles. The van der Waals surface area contributed by atoms with Crippen molar-refractivity contribution in [3.8, 4) is 0 Å². The molecule has 0 heterocycles. The summed E-state index contributed by atoms with van der Waals surface area (Å²) in [4.78, 5) is 20.7. The predicted octanol–water partition coefficient (Wildman–Crippen LogP) is 1.76. The van der Waals surface area contributed by atoms with E-state index < -0.39 is 41.2 Å². The second-order valence-corrected chi connectivity index (χ2v) is 6.33. The van der Waals surface area contributed by atoms with Crippen LogP contribution in [-0.4, -0.2) is 61.8 Å². The fraction of sp³-hybridized carbons (Fsp3) is 1.00. The van der Waals surface area contributed by atoms with Crippen LogP contribution in [-0.2, 0) is 27.2 Å². The molecule has 148 valence electrons. The third kappa shape index (κ3) is 24.6. The Labute approximate surface area is 155 Å². The van der Waals surface area contributed by atoms with Crippen LogP contribution in [0, 0.1) is 0 Å². The average Bonchev–Trinajstić information content (AvgIpc) is 2.34. The summed E-state index contributed by atoms with van der Waals surface area (Å²) in [5.41, 5.74) is 0. The minimum absolute atomic E-state index is 0. The Morgan fingerprint density at radius 3 is 1.12 bits per heavy atom. The maximum atomic E-state index is 11.4. The summed E-state index contributed by atoms with van der Waals surface area (Å²) in [7, 11) is -9.52. The molecule has 0 fully saturated rings. The Morgan fingerprint density at radius 2 is 0.960 bits per heavy atom. The zero-order valence-electron chi connectivity index (χ0n) is 13.0. The molecule has 0 radical (unpaired) electrons. The van der Waals surface area contributed by atoms with Crippen LogP contribution >= 0.6 is 15.6 Å². The Morgan fingerprint density at radius 1 is 0.720 bits per heavy atom. The van der Waals surface area contributed by atoms with Crippen LogP contribution in [0.25, 0.3) is 0 Å². The number of hydrogen-bond acceptors (Lipinski definition) is 8. The van der Waals surface area contributed by atoms with Crippen LogP contribution in [0.15, 0.2) is 0 Å². The Bertz CT molecular complexity index is 405. The second-order valence-electron chi connectivity index (χ2n) is 3.51. The zero-order chi connectivity index (χ0) is 19.7. The largest absolute Gasteiger partial charge is 2.00 e. The van der Waals surface area contributed by atoms with Gasteiger partial charge in [0.1, 0.15) is 0 Å². The molecule has 0 amide bonds. The topological polar surface area (TPSA) is 117 Å². The molecule has 0 aromatic heterocycles. The van der Waals surface area contributed by atoms with Crippen LogP contribution < -0.4 is 9.79 Å². The summed E-state index contributed by atoms with van der Waals surface area (Å²) in [6.45, 7) is -1.57. The number of halogens is 6. The van der Waals surface area contributed by atoms with Crippen LogP contribution in [0.4, 0.5) is 26.3 Å². The van der Waals surface area contributed by atoms with Crippen molar-refractivity contribution in [2.24, 2.45) is 0 Å². The third-order valence-corrected chi connectivity index (χ3v) is 3.39. The van der Waals surface area contributed by atoms with Gasteiger partial charge >= 0.3 is 35.4 Å². The van der Waals surface area contributed by atoms with Gasteiger partial charge in [0.2, 0.25) is 0 Å². The molecular weight excluding hydrogens is 424 g/mol. The molecule has 8 nitrogen and oxygen atoms in total. The summed E-state index contributed by atoms with van der Waals surface area (Å²) in [5.74, 6) is 0. The smallest absolute Gasteiger partial charge is 0.756 e. The molecule has 0 bridgehead atoms. The van der Waals surface area contributed by atoms with Gasteiger partial charge in [-0.3, -0.25) is 9.13 Å². The average molecular weight is 438 g/mol. The van der Waals surface area contributed by atoms with Crippen molar-refractivity contribution in [1.82, 2.24) is 0 Å². The first-order valence-corrected chi connectivity index (χ1v) is 8.79. The Balaban J connectivity index is -0.000000372. The van der Waals surface area contributed by atoms with Gasteiger partial charge < -0.3 is 27.9 Å². The predicted molar refractivity (Wildman–Crippen MR) is 68.2 cm³/mol. The van der Waals surface area contributed by atoms with Crippen LogP contribution in [0.5, 0.6) is 0 Å². The van der Waals surface area contributed by atoms with Gasteiger partial charge in [0, 0.05) is 0 Å². The number of rotatable bonds is 8. The monoisotopic (exact) mass is 438 g/mol. The van der Waals surface area contributed by atoms with Gasteiger partial charge in [-0.2, -0.15) is 26.3 Å². The minimum atomic E-state index is -4.76. The third-order valence-electron chi connectivity index (χ3n) is 1.35. The quantitative estimate of drug-likeness (QED) is 0.320. The van der Waals surface area contributed by atoms with Crippen LogP contribution in [0.1, 0.15) is 13.8 Å². The van der Waals surface area contributed by atoms with E-state index in [4.69, 9.17) is 0 Å². The van der Waals surface area contributed by atoms with Crippen molar-refractivity contribution in [1.29, 1.82) is 0 Å². The Hall–Kier alpha value is 0.566. The molecule has 0 saturated heterocycles. The number of hydrogen-bond donors (Lipinski definition) is 0. The van der Waals surface area contributed by atoms with Crippen molar-refractivity contribution in [3.63, 3.8) is 0 Å². The molecule has 0 aromatic carbocycles. The fourth-order valence-corrected chi connectivity index (χ4v) is 2.09. The van der Waals surface area contributed by atoms with E-state index in [1.165, 1.54) is 13.8 Å². The summed E-state index contributed by atoms with van der Waals surface area (Å²) in [6, 6.07) is 0. The maximum absolute atomic E-state index is 11.4. The van der Waals surface area contributed by atoms with E-state index >= 15 is 0 Å². The molecular formula is C8H14F6MgO8P2. The van der Waals surface area contributed by atoms with Crippen molar-refractivity contribution in [2.45, 2.75) is 26.2 Å². The van der Waals surface area contributed by atoms with Gasteiger partial charge in [0.15, 0.2) is 13.2 Å². The molecule has 2 atom stereocenters. The second kappa shape index (κ2) is 12.9. The Kier molecular flexibility index (Phi) is 15.6. The van der Waals surface area contributed by atoms with E-state index in [0.717, 1.165) is 0 Å². The molecule has 0 aliphatic heterocycles. The number of phosphoric acid groups is 2. The van der Waals surface area contributed by atoms with Crippen molar-refractivity contribution < 1.29 is 63.4 Å². The van der Waals surface area contributed by atoms with Crippen LogP contribution in [0.3, 0.4) is 0 Å². The van der Waals surface area contributed by atoms with Gasteiger partial charge in [0.25, 0.3) is 15.6 Å². The van der Waals surface area contributed by atoms with E-state index in [-0.39, 0.29) is 36.3 Å². The number of phosphoric ester groups is 2. The van der Waals surface area contributed by atoms with Gasteiger partial charge in [-0.25, -0.2) is 0 Å². The molecule has 25 heavy (non-hydrogen) atoms. The molecule has 0 aliphatic rings. The zero-order valence-corrected chi connectivity index (χ0v) is 16.2. The summed E-state index contributed by atoms with van der Waals surface area (Å²) >= 11 is 0. The van der Waals surface area contributed by atoms with Gasteiger partial charge in [-0.1, -0.05) is 0 Å². The summed E-state index contributed by atoms with van der Waals surface area (Å²) in [5, 5.41) is 0. The van der Waals surface area contributed by atoms with E-state index in [0.29, 0.717) is 0 Å². The molecule has 0 rings (SSSR count). The van der Waals surface area contributed by atoms with E-state index in [1.54, 1.807) is 0 Å². The fourth-order valence-electron chi connectivity index (χ4n) is 0.695. The standard InChI is InChI=1S/2C4H8F3O4P.Mg/c2*1-2-10-12(8,9)11-3-4(5,6)7;/h2*2-3H2,1H3,(H,8,9);/q;;+2/p-2. The molecule has 0 N–H and O–H groups in total. The van der Waals surface area contributed by atoms with Gasteiger partial charge in [-0.15, -0.1) is 0 Å². The van der Waals surface area contributed by atoms with Crippen molar-refractivity contribution in [2.75, 3.05) is 26.4 Å². The normalized spacial score (nSPS) is 16.7. The first-order chi connectivity index (χ1) is 10.5. The van der Waals surface area contributed by atoms with Crippen molar-refractivity contribution >= 4 is 38.7 Å². The minimum Gasteiger partial charge on any atom is -0.756 e. The molecule has 0 spiro atoms. The molecule has 2 unspecified atom stereocenters. The first-order valence-electron chi connectivity index (χ1n) is 5.87.